The molecule has 0 spiro atoms. The molecule has 0 bridgehead atoms. The number of unbranched alkanes of at least 4 members (excludes halogenated alkanes) is 4. The number of amides is 5. The second-order valence-corrected chi connectivity index (χ2v) is 9.03. The van der Waals surface area contributed by atoms with E-state index in [1.165, 1.54) is 0 Å². The Hall–Kier alpha value is -3.95. The van der Waals surface area contributed by atoms with E-state index in [4.69, 9.17) is 4.42 Å². The van der Waals surface area contributed by atoms with Crippen LogP contribution in [0.3, 0.4) is 0 Å². The lowest BCUT2D eigenvalue weighted by Crippen LogP contribution is -2.54. The minimum absolute atomic E-state index is 0.0290. The molecule has 2 aliphatic heterocycles. The average molecular weight is 495 g/mol. The molecule has 3 heterocycles. The molecule has 0 saturated carbocycles. The fourth-order valence-corrected chi connectivity index (χ4v) is 4.51. The second-order valence-electron chi connectivity index (χ2n) is 9.03. The highest BCUT2D eigenvalue weighted by molar-refractivity contribution is 6.25. The van der Waals surface area contributed by atoms with E-state index in [9.17, 15) is 24.0 Å². The van der Waals surface area contributed by atoms with Crippen molar-refractivity contribution in [1.82, 2.24) is 15.5 Å². The summed E-state index contributed by atoms with van der Waals surface area (Å²) in [5, 5.41) is 8.32. The Labute approximate surface area is 208 Å². The summed E-state index contributed by atoms with van der Waals surface area (Å²) >= 11 is 0. The van der Waals surface area contributed by atoms with Crippen molar-refractivity contribution < 1.29 is 28.4 Å². The Morgan fingerprint density at radius 1 is 1.03 bits per heavy atom. The normalized spacial score (nSPS) is 17.2. The quantitative estimate of drug-likeness (QED) is 0.305. The van der Waals surface area contributed by atoms with Crippen LogP contribution in [0.1, 0.15) is 77.6 Å². The van der Waals surface area contributed by atoms with Gasteiger partial charge in [0, 0.05) is 37.2 Å². The maximum atomic E-state index is 13.1. The summed E-state index contributed by atoms with van der Waals surface area (Å²) in [6, 6.07) is 5.88. The predicted octanol–water partition coefficient (Wildman–Crippen LogP) is 2.75. The lowest BCUT2D eigenvalue weighted by molar-refractivity contribution is -0.136. The van der Waals surface area contributed by atoms with Gasteiger partial charge in [-0.1, -0.05) is 25.3 Å². The van der Waals surface area contributed by atoms with Crippen LogP contribution in [-0.2, 0) is 20.9 Å². The van der Waals surface area contributed by atoms with E-state index in [-0.39, 0.29) is 29.9 Å². The van der Waals surface area contributed by atoms with Gasteiger partial charge in [0.1, 0.15) is 6.04 Å². The molecule has 3 N–H and O–H groups in total. The highest BCUT2D eigenvalue weighted by Crippen LogP contribution is 2.32. The zero-order valence-corrected chi connectivity index (χ0v) is 20.0. The van der Waals surface area contributed by atoms with Crippen molar-refractivity contribution >= 4 is 35.2 Å². The van der Waals surface area contributed by atoms with Gasteiger partial charge in [0.2, 0.25) is 17.7 Å². The van der Waals surface area contributed by atoms with Gasteiger partial charge in [0.25, 0.3) is 11.8 Å². The third-order valence-corrected chi connectivity index (χ3v) is 6.43. The molecule has 36 heavy (non-hydrogen) atoms. The summed E-state index contributed by atoms with van der Waals surface area (Å²) in [6.07, 6.45) is 8.50. The van der Waals surface area contributed by atoms with E-state index < -0.39 is 29.7 Å². The second kappa shape index (κ2) is 11.7. The van der Waals surface area contributed by atoms with Crippen molar-refractivity contribution in [2.75, 3.05) is 11.9 Å². The first-order valence-electron chi connectivity index (χ1n) is 12.3. The fourth-order valence-electron chi connectivity index (χ4n) is 4.51. The highest BCUT2D eigenvalue weighted by atomic mass is 16.3. The largest absolute Gasteiger partial charge is 0.472 e. The summed E-state index contributed by atoms with van der Waals surface area (Å²) in [7, 11) is 0. The van der Waals surface area contributed by atoms with Crippen LogP contribution >= 0.6 is 0 Å². The van der Waals surface area contributed by atoms with Gasteiger partial charge in [0.05, 0.1) is 23.7 Å². The number of furan rings is 1. The van der Waals surface area contributed by atoms with Crippen molar-refractivity contribution in [3.63, 3.8) is 0 Å². The van der Waals surface area contributed by atoms with Gasteiger partial charge < -0.3 is 15.1 Å². The first-order valence-corrected chi connectivity index (χ1v) is 12.3. The predicted molar refractivity (Wildman–Crippen MR) is 130 cm³/mol. The molecular weight excluding hydrogens is 464 g/mol. The molecule has 190 valence electrons. The van der Waals surface area contributed by atoms with E-state index in [1.54, 1.807) is 30.7 Å². The van der Waals surface area contributed by atoms with Crippen LogP contribution in [0, 0.1) is 0 Å². The molecule has 1 saturated heterocycles. The molecule has 10 nitrogen and oxygen atoms in total. The number of fused-ring (bicyclic) bond motifs is 1. The number of nitrogens with zero attached hydrogens (tertiary/aromatic N) is 1. The van der Waals surface area contributed by atoms with Gasteiger partial charge in [-0.2, -0.15) is 0 Å². The molecule has 5 amide bonds. The number of hydrogen-bond donors (Lipinski definition) is 3. The molecule has 1 aromatic carbocycles. The van der Waals surface area contributed by atoms with Crippen LogP contribution in [-0.4, -0.2) is 47.0 Å². The molecule has 1 fully saturated rings. The number of imide groups is 2. The van der Waals surface area contributed by atoms with Crippen LogP contribution in [0.2, 0.25) is 0 Å². The van der Waals surface area contributed by atoms with E-state index >= 15 is 0 Å². The Kier molecular flexibility index (Phi) is 8.14. The number of carbonyl (C=O) groups is 5. The number of carbonyl (C=O) groups excluding carboxylic acids is 5. The van der Waals surface area contributed by atoms with Gasteiger partial charge in [-0.05, 0) is 37.5 Å². The lowest BCUT2D eigenvalue weighted by Gasteiger charge is -2.27. The number of piperidine rings is 1. The minimum Gasteiger partial charge on any atom is -0.472 e. The van der Waals surface area contributed by atoms with Gasteiger partial charge in [-0.3, -0.25) is 34.2 Å². The zero-order chi connectivity index (χ0) is 25.5. The first kappa shape index (κ1) is 25.2. The molecular formula is C26H30N4O6. The summed E-state index contributed by atoms with van der Waals surface area (Å²) in [5.41, 5.74) is 2.04. The molecule has 2 aromatic rings. The maximum absolute atomic E-state index is 13.1. The molecule has 1 aromatic heterocycles. The van der Waals surface area contributed by atoms with Crippen LogP contribution in [0.15, 0.2) is 41.2 Å². The van der Waals surface area contributed by atoms with Crippen molar-refractivity contribution in [3.8, 4) is 0 Å². The van der Waals surface area contributed by atoms with Crippen LogP contribution in [0.4, 0.5) is 5.69 Å². The van der Waals surface area contributed by atoms with Crippen molar-refractivity contribution in [3.05, 3.63) is 53.5 Å². The number of rotatable bonds is 12. The molecule has 10 heteroatoms. The summed E-state index contributed by atoms with van der Waals surface area (Å²) in [5.74, 6) is -2.02. The standard InChI is InChI=1S/C26H30N4O6/c31-21(28-15-17-12-14-36-16-17)9-4-2-1-3-5-13-27-19-8-6-7-18-23(19)26(35)30(25(18)34)20-10-11-22(32)29-24(20)33/h6-8,12,14,16,20,27H,1-5,9-11,13,15H2,(H,28,31)(H,29,32,33). The summed E-state index contributed by atoms with van der Waals surface area (Å²) < 4.78 is 4.97. The van der Waals surface area contributed by atoms with E-state index in [1.807, 2.05) is 6.07 Å². The third kappa shape index (κ3) is 5.81. The number of anilines is 1. The van der Waals surface area contributed by atoms with E-state index in [0.717, 1.165) is 42.6 Å². The first-order chi connectivity index (χ1) is 17.5. The molecule has 0 radical (unpaired) electrons. The Morgan fingerprint density at radius 2 is 1.83 bits per heavy atom. The summed E-state index contributed by atoms with van der Waals surface area (Å²) in [4.78, 5) is 62.5. The molecule has 1 atom stereocenters. The maximum Gasteiger partial charge on any atom is 0.264 e. The van der Waals surface area contributed by atoms with Crippen molar-refractivity contribution in [1.29, 1.82) is 0 Å². The zero-order valence-electron chi connectivity index (χ0n) is 20.0. The van der Waals surface area contributed by atoms with Crippen molar-refractivity contribution in [2.45, 2.75) is 64.0 Å². The van der Waals surface area contributed by atoms with Gasteiger partial charge in [-0.15, -0.1) is 0 Å². The van der Waals surface area contributed by atoms with Gasteiger partial charge >= 0.3 is 0 Å². The molecule has 1 unspecified atom stereocenters. The fraction of sp³-hybridized carbons (Fsp3) is 0.423. The van der Waals surface area contributed by atoms with E-state index in [0.29, 0.717) is 25.2 Å². The Balaban J connectivity index is 1.18. The van der Waals surface area contributed by atoms with Crippen LogP contribution in [0.25, 0.3) is 0 Å². The Bertz CT molecular complexity index is 1140. The molecule has 4 rings (SSSR count). The SMILES string of the molecule is O=C(CCCCCCCNc1cccc2c1C(=O)N(C1CCC(=O)NC1=O)C2=O)NCc1ccoc1. The van der Waals surface area contributed by atoms with Crippen LogP contribution in [0.5, 0.6) is 0 Å². The highest BCUT2D eigenvalue weighted by Gasteiger charge is 2.45. The average Bonchev–Trinajstić information content (AvgIpc) is 3.47. The van der Waals surface area contributed by atoms with E-state index in [2.05, 4.69) is 16.0 Å². The topological polar surface area (TPSA) is 138 Å². The monoisotopic (exact) mass is 494 g/mol. The number of benzene rings is 1. The minimum atomic E-state index is -0.976. The third-order valence-electron chi connectivity index (χ3n) is 6.43. The smallest absolute Gasteiger partial charge is 0.264 e. The van der Waals surface area contributed by atoms with Gasteiger partial charge in [-0.25, -0.2) is 0 Å². The number of nitrogens with one attached hydrogen (secondary N) is 3. The van der Waals surface area contributed by atoms with Gasteiger partial charge in [0.15, 0.2) is 0 Å². The molecule has 2 aliphatic rings. The lowest BCUT2D eigenvalue weighted by atomic mass is 10.0. The van der Waals surface area contributed by atoms with Crippen molar-refractivity contribution in [2.24, 2.45) is 0 Å². The summed E-state index contributed by atoms with van der Waals surface area (Å²) in [6.45, 7) is 1.10. The van der Waals surface area contributed by atoms with Crippen LogP contribution < -0.4 is 16.0 Å². The molecule has 0 aliphatic carbocycles. The Morgan fingerprint density at radius 3 is 2.61 bits per heavy atom. The number of hydrogen-bond acceptors (Lipinski definition) is 7.